The maximum absolute atomic E-state index is 11.5. The summed E-state index contributed by atoms with van der Waals surface area (Å²) in [6.07, 6.45) is 2.55. The molecule has 0 atom stereocenters. The van der Waals surface area contributed by atoms with Crippen molar-refractivity contribution in [1.82, 2.24) is 9.47 Å². The van der Waals surface area contributed by atoms with Crippen molar-refractivity contribution in [3.05, 3.63) is 23.0 Å². The van der Waals surface area contributed by atoms with E-state index in [0.717, 1.165) is 49.3 Å². The summed E-state index contributed by atoms with van der Waals surface area (Å²) < 4.78 is 2.11. The van der Waals surface area contributed by atoms with Crippen molar-refractivity contribution in [2.45, 2.75) is 33.2 Å². The highest BCUT2D eigenvalue weighted by Crippen LogP contribution is 2.15. The highest BCUT2D eigenvalue weighted by molar-refractivity contribution is 5.78. The molecule has 1 aliphatic heterocycles. The zero-order valence-corrected chi connectivity index (χ0v) is 10.4. The van der Waals surface area contributed by atoms with Gasteiger partial charge in [0.25, 0.3) is 0 Å². The van der Waals surface area contributed by atoms with Crippen molar-refractivity contribution in [3.63, 3.8) is 0 Å². The first kappa shape index (κ1) is 11.9. The smallest absolute Gasteiger partial charge is 0.222 e. The number of rotatable bonds is 4. The topological polar surface area (TPSA) is 42.3 Å². The predicted octanol–water partition coefficient (Wildman–Crippen LogP) is 1.54. The molecular weight excluding hydrogens is 216 g/mol. The molecule has 0 radical (unpaired) electrons. The fourth-order valence-electron chi connectivity index (χ4n) is 2.45. The number of aldehydes is 1. The summed E-state index contributed by atoms with van der Waals surface area (Å²) >= 11 is 0. The first-order valence-corrected chi connectivity index (χ1v) is 6.03. The molecule has 0 aromatic carbocycles. The van der Waals surface area contributed by atoms with Crippen LogP contribution in [0.4, 0.5) is 0 Å². The van der Waals surface area contributed by atoms with E-state index in [2.05, 4.69) is 4.57 Å². The van der Waals surface area contributed by atoms with Gasteiger partial charge in [0.1, 0.15) is 0 Å². The quantitative estimate of drug-likeness (QED) is 0.742. The van der Waals surface area contributed by atoms with Gasteiger partial charge >= 0.3 is 0 Å². The van der Waals surface area contributed by atoms with Gasteiger partial charge < -0.3 is 9.47 Å². The summed E-state index contributed by atoms with van der Waals surface area (Å²) in [6, 6.07) is 1.90. The molecule has 0 spiro atoms. The van der Waals surface area contributed by atoms with Gasteiger partial charge in [0.15, 0.2) is 6.29 Å². The Labute approximate surface area is 101 Å². The monoisotopic (exact) mass is 234 g/mol. The zero-order chi connectivity index (χ0) is 12.4. The Hall–Kier alpha value is -1.58. The third-order valence-corrected chi connectivity index (χ3v) is 3.50. The van der Waals surface area contributed by atoms with Crippen molar-refractivity contribution in [1.29, 1.82) is 0 Å². The molecule has 17 heavy (non-hydrogen) atoms. The number of aromatic nitrogens is 1. The van der Waals surface area contributed by atoms with Crippen molar-refractivity contribution in [2.24, 2.45) is 0 Å². The second kappa shape index (κ2) is 4.73. The van der Waals surface area contributed by atoms with E-state index in [1.54, 1.807) is 0 Å². The van der Waals surface area contributed by atoms with Crippen LogP contribution in [0.1, 0.15) is 34.6 Å². The van der Waals surface area contributed by atoms with Gasteiger partial charge in [-0.05, 0) is 26.3 Å². The fraction of sp³-hybridized carbons (Fsp3) is 0.538. The molecule has 1 aromatic rings. The number of hydrogen-bond acceptors (Lipinski definition) is 2. The number of amides is 1. The van der Waals surface area contributed by atoms with Gasteiger partial charge in [0.2, 0.25) is 5.91 Å². The van der Waals surface area contributed by atoms with E-state index >= 15 is 0 Å². The summed E-state index contributed by atoms with van der Waals surface area (Å²) in [7, 11) is 0. The lowest BCUT2D eigenvalue weighted by Crippen LogP contribution is -2.28. The number of carbonyl (C=O) groups is 2. The molecule has 1 aromatic heterocycles. The Morgan fingerprint density at radius 1 is 1.35 bits per heavy atom. The van der Waals surface area contributed by atoms with Crippen LogP contribution >= 0.6 is 0 Å². The molecule has 1 aliphatic rings. The minimum atomic E-state index is 0.253. The van der Waals surface area contributed by atoms with E-state index in [9.17, 15) is 9.59 Å². The second-order valence-electron chi connectivity index (χ2n) is 4.58. The van der Waals surface area contributed by atoms with Gasteiger partial charge in [-0.15, -0.1) is 0 Å². The zero-order valence-electron chi connectivity index (χ0n) is 10.4. The largest absolute Gasteiger partial charge is 0.347 e. The average molecular weight is 234 g/mol. The van der Waals surface area contributed by atoms with Crippen LogP contribution in [0.15, 0.2) is 6.07 Å². The lowest BCUT2D eigenvalue weighted by atomic mass is 10.3. The molecule has 0 unspecified atom stereocenters. The number of nitrogens with zero attached hydrogens (tertiary/aromatic N) is 2. The van der Waals surface area contributed by atoms with E-state index in [1.807, 2.05) is 24.8 Å². The summed E-state index contributed by atoms with van der Waals surface area (Å²) in [6.45, 7) is 6.33. The average Bonchev–Trinajstić information content (AvgIpc) is 2.82. The van der Waals surface area contributed by atoms with E-state index in [1.165, 1.54) is 0 Å². The first-order chi connectivity index (χ1) is 8.13. The molecule has 2 heterocycles. The van der Waals surface area contributed by atoms with Crippen LogP contribution in [-0.2, 0) is 11.3 Å². The second-order valence-corrected chi connectivity index (χ2v) is 4.58. The van der Waals surface area contributed by atoms with Crippen molar-refractivity contribution >= 4 is 12.2 Å². The van der Waals surface area contributed by atoms with Crippen LogP contribution in [0.3, 0.4) is 0 Å². The Balaban J connectivity index is 2.06. The van der Waals surface area contributed by atoms with Gasteiger partial charge in [0.05, 0.1) is 0 Å². The van der Waals surface area contributed by atoms with Crippen LogP contribution in [0, 0.1) is 13.8 Å². The SMILES string of the molecule is Cc1cc(C=O)c(C)n1CCN1CCCC1=O. The highest BCUT2D eigenvalue weighted by Gasteiger charge is 2.20. The van der Waals surface area contributed by atoms with Gasteiger partial charge in [-0.25, -0.2) is 0 Å². The van der Waals surface area contributed by atoms with Crippen molar-refractivity contribution in [2.75, 3.05) is 13.1 Å². The summed E-state index contributed by atoms with van der Waals surface area (Å²) in [5.74, 6) is 0.253. The minimum Gasteiger partial charge on any atom is -0.347 e. The fourth-order valence-corrected chi connectivity index (χ4v) is 2.45. The molecule has 1 fully saturated rings. The van der Waals surface area contributed by atoms with Crippen LogP contribution in [0.2, 0.25) is 0 Å². The Kier molecular flexibility index (Phi) is 3.31. The van der Waals surface area contributed by atoms with Crippen molar-refractivity contribution < 1.29 is 9.59 Å². The summed E-state index contributed by atoms with van der Waals surface area (Å²) in [4.78, 5) is 24.2. The third-order valence-electron chi connectivity index (χ3n) is 3.50. The summed E-state index contributed by atoms with van der Waals surface area (Å²) in [5.41, 5.74) is 2.82. The van der Waals surface area contributed by atoms with E-state index < -0.39 is 0 Å². The first-order valence-electron chi connectivity index (χ1n) is 6.03. The van der Waals surface area contributed by atoms with Gasteiger partial charge in [0, 0.05) is 43.0 Å². The van der Waals surface area contributed by atoms with Gasteiger partial charge in [-0.1, -0.05) is 0 Å². The molecular formula is C13H18N2O2. The van der Waals surface area contributed by atoms with E-state index in [4.69, 9.17) is 0 Å². The minimum absolute atomic E-state index is 0.253. The molecule has 4 nitrogen and oxygen atoms in total. The van der Waals surface area contributed by atoms with E-state index in [0.29, 0.717) is 6.42 Å². The molecule has 0 saturated carbocycles. The molecule has 1 saturated heterocycles. The van der Waals surface area contributed by atoms with Crippen LogP contribution in [0.25, 0.3) is 0 Å². The normalized spacial score (nSPS) is 15.6. The van der Waals surface area contributed by atoms with Crippen molar-refractivity contribution in [3.8, 4) is 0 Å². The van der Waals surface area contributed by atoms with Crippen LogP contribution < -0.4 is 0 Å². The van der Waals surface area contributed by atoms with Crippen LogP contribution in [0.5, 0.6) is 0 Å². The number of likely N-dealkylation sites (tertiary alicyclic amines) is 1. The maximum Gasteiger partial charge on any atom is 0.222 e. The maximum atomic E-state index is 11.5. The molecule has 92 valence electrons. The van der Waals surface area contributed by atoms with Crippen LogP contribution in [-0.4, -0.2) is 34.7 Å². The standard InChI is InChI=1S/C13H18N2O2/c1-10-8-12(9-16)11(2)15(10)7-6-14-5-3-4-13(14)17/h8-9H,3-7H2,1-2H3. The molecule has 4 heteroatoms. The van der Waals surface area contributed by atoms with Gasteiger partial charge in [-0.2, -0.15) is 0 Å². The molecule has 1 amide bonds. The Morgan fingerprint density at radius 2 is 2.12 bits per heavy atom. The lowest BCUT2D eigenvalue weighted by molar-refractivity contribution is -0.127. The Bertz CT molecular complexity index is 449. The highest BCUT2D eigenvalue weighted by atomic mass is 16.2. The molecule has 0 bridgehead atoms. The Morgan fingerprint density at radius 3 is 2.65 bits per heavy atom. The summed E-state index contributed by atoms with van der Waals surface area (Å²) in [5, 5.41) is 0. The molecule has 0 aliphatic carbocycles. The number of carbonyl (C=O) groups excluding carboxylic acids is 2. The predicted molar refractivity (Wildman–Crippen MR) is 65.1 cm³/mol. The lowest BCUT2D eigenvalue weighted by Gasteiger charge is -2.17. The number of aryl methyl sites for hydroxylation is 1. The molecule has 0 N–H and O–H groups in total. The van der Waals surface area contributed by atoms with Gasteiger partial charge in [-0.3, -0.25) is 9.59 Å². The third kappa shape index (κ3) is 2.25. The molecule has 2 rings (SSSR count). The number of hydrogen-bond donors (Lipinski definition) is 0. The van der Waals surface area contributed by atoms with E-state index in [-0.39, 0.29) is 5.91 Å².